The number of aliphatic hydroxyl groups excluding tert-OH is 4. The predicted octanol–water partition coefficient (Wildman–Crippen LogP) is 8.39. The molecule has 306 valence electrons. The quantitative estimate of drug-likeness (QED) is 0.0283. The van der Waals surface area contributed by atoms with E-state index < -0.39 is 49.4 Å². The molecule has 0 aliphatic carbocycles. The number of unbranched alkanes of at least 4 members (excludes halogenated alkanes) is 22. The van der Waals surface area contributed by atoms with Crippen molar-refractivity contribution in [2.45, 2.75) is 224 Å². The van der Waals surface area contributed by atoms with Crippen molar-refractivity contribution in [3.05, 3.63) is 12.2 Å². The number of carbonyl (C=O) groups is 2. The lowest BCUT2D eigenvalue weighted by Crippen LogP contribution is -2.59. The maximum Gasteiger partial charge on any atom is 0.306 e. The molecule has 0 aromatic rings. The van der Waals surface area contributed by atoms with Crippen molar-refractivity contribution in [2.75, 3.05) is 19.8 Å². The first kappa shape index (κ1) is 48.5. The SMILES string of the molecule is CCCCCC/C=C/CCCCCCCCCCCC(=O)OC[C@@H](CO[C@H]1O[C@@H](CO)[C@@H](O)C(O)C1O)OC(=O)CCCCCCCCCCCC. The molecular formula is C42H78O10. The van der Waals surface area contributed by atoms with Crippen LogP contribution in [-0.4, -0.2) is 89.0 Å². The minimum absolute atomic E-state index is 0.214. The molecule has 0 radical (unpaired) electrons. The lowest BCUT2D eigenvalue weighted by atomic mass is 9.99. The van der Waals surface area contributed by atoms with Gasteiger partial charge in [-0.2, -0.15) is 0 Å². The number of ether oxygens (including phenoxy) is 4. The maximum atomic E-state index is 12.7. The molecule has 0 aromatic heterocycles. The van der Waals surface area contributed by atoms with Crippen LogP contribution in [0.15, 0.2) is 12.2 Å². The van der Waals surface area contributed by atoms with Crippen molar-refractivity contribution in [3.8, 4) is 0 Å². The Morgan fingerprint density at radius 2 is 1.02 bits per heavy atom. The van der Waals surface area contributed by atoms with Crippen LogP contribution in [0.25, 0.3) is 0 Å². The molecule has 0 amide bonds. The van der Waals surface area contributed by atoms with Crippen LogP contribution in [0.3, 0.4) is 0 Å². The molecule has 0 saturated carbocycles. The number of aliphatic hydroxyl groups is 4. The number of allylic oxidation sites excluding steroid dienone is 2. The first-order chi connectivity index (χ1) is 25.3. The van der Waals surface area contributed by atoms with Crippen LogP contribution >= 0.6 is 0 Å². The van der Waals surface area contributed by atoms with Gasteiger partial charge in [0.05, 0.1) is 13.2 Å². The fourth-order valence-corrected chi connectivity index (χ4v) is 6.48. The summed E-state index contributed by atoms with van der Waals surface area (Å²) < 4.78 is 22.1. The third kappa shape index (κ3) is 25.5. The van der Waals surface area contributed by atoms with Crippen LogP contribution in [0.5, 0.6) is 0 Å². The van der Waals surface area contributed by atoms with Gasteiger partial charge in [0.1, 0.15) is 31.0 Å². The molecule has 10 heteroatoms. The first-order valence-electron chi connectivity index (χ1n) is 21.3. The van der Waals surface area contributed by atoms with Gasteiger partial charge in [-0.1, -0.05) is 148 Å². The molecule has 0 bridgehead atoms. The zero-order valence-electron chi connectivity index (χ0n) is 33.1. The average Bonchev–Trinajstić information content (AvgIpc) is 3.14. The second-order valence-electron chi connectivity index (χ2n) is 14.8. The van der Waals surface area contributed by atoms with Crippen molar-refractivity contribution in [3.63, 3.8) is 0 Å². The Hall–Kier alpha value is -1.56. The number of hydrogen-bond donors (Lipinski definition) is 4. The highest BCUT2D eigenvalue weighted by Gasteiger charge is 2.44. The molecule has 1 rings (SSSR count). The molecule has 0 spiro atoms. The highest BCUT2D eigenvalue weighted by molar-refractivity contribution is 5.70. The molecule has 2 unspecified atom stereocenters. The van der Waals surface area contributed by atoms with Crippen molar-refractivity contribution in [2.24, 2.45) is 0 Å². The van der Waals surface area contributed by atoms with Crippen molar-refractivity contribution < 1.29 is 49.0 Å². The highest BCUT2D eigenvalue weighted by Crippen LogP contribution is 2.22. The number of hydrogen-bond acceptors (Lipinski definition) is 10. The molecule has 1 aliphatic heterocycles. The van der Waals surface area contributed by atoms with Crippen LogP contribution < -0.4 is 0 Å². The van der Waals surface area contributed by atoms with Gasteiger partial charge in [-0.3, -0.25) is 9.59 Å². The monoisotopic (exact) mass is 743 g/mol. The minimum atomic E-state index is -1.59. The summed E-state index contributed by atoms with van der Waals surface area (Å²) in [5.74, 6) is -0.804. The van der Waals surface area contributed by atoms with Gasteiger partial charge in [0.25, 0.3) is 0 Å². The lowest BCUT2D eigenvalue weighted by Gasteiger charge is -2.39. The van der Waals surface area contributed by atoms with Gasteiger partial charge in [-0.15, -0.1) is 0 Å². The van der Waals surface area contributed by atoms with Crippen LogP contribution in [0.4, 0.5) is 0 Å². The van der Waals surface area contributed by atoms with Gasteiger partial charge in [0, 0.05) is 12.8 Å². The molecule has 1 heterocycles. The molecule has 1 fully saturated rings. The Bertz CT molecular complexity index is 866. The molecule has 4 N–H and O–H groups in total. The van der Waals surface area contributed by atoms with Crippen molar-refractivity contribution in [1.82, 2.24) is 0 Å². The van der Waals surface area contributed by atoms with Crippen LogP contribution in [-0.2, 0) is 28.5 Å². The molecule has 1 saturated heterocycles. The van der Waals surface area contributed by atoms with Crippen molar-refractivity contribution in [1.29, 1.82) is 0 Å². The summed E-state index contributed by atoms with van der Waals surface area (Å²) in [6.45, 7) is 3.40. The lowest BCUT2D eigenvalue weighted by molar-refractivity contribution is -0.305. The number of rotatable bonds is 35. The Morgan fingerprint density at radius 3 is 1.52 bits per heavy atom. The molecule has 1 aliphatic rings. The Morgan fingerprint density at radius 1 is 0.577 bits per heavy atom. The van der Waals surface area contributed by atoms with Crippen LogP contribution in [0.1, 0.15) is 187 Å². The Labute approximate surface area is 316 Å². The van der Waals surface area contributed by atoms with Crippen molar-refractivity contribution >= 4 is 11.9 Å². The largest absolute Gasteiger partial charge is 0.462 e. The zero-order chi connectivity index (χ0) is 38.1. The number of carbonyl (C=O) groups excluding carboxylic acids is 2. The summed E-state index contributed by atoms with van der Waals surface area (Å²) in [6.07, 6.45) is 26.5. The van der Waals surface area contributed by atoms with E-state index in [0.717, 1.165) is 38.5 Å². The normalized spacial score (nSPS) is 21.1. The van der Waals surface area contributed by atoms with Gasteiger partial charge >= 0.3 is 11.9 Å². The summed E-state index contributed by atoms with van der Waals surface area (Å²) in [5, 5.41) is 39.9. The van der Waals surface area contributed by atoms with E-state index in [9.17, 15) is 30.0 Å². The zero-order valence-corrected chi connectivity index (χ0v) is 33.1. The van der Waals surface area contributed by atoms with Crippen LogP contribution in [0, 0.1) is 0 Å². The van der Waals surface area contributed by atoms with E-state index in [2.05, 4.69) is 26.0 Å². The van der Waals surface area contributed by atoms with E-state index in [0.29, 0.717) is 6.42 Å². The third-order valence-corrected chi connectivity index (χ3v) is 9.90. The Kier molecular flexibility index (Phi) is 31.7. The van der Waals surface area contributed by atoms with E-state index in [1.165, 1.54) is 116 Å². The van der Waals surface area contributed by atoms with Gasteiger partial charge in [-0.05, 0) is 38.5 Å². The minimum Gasteiger partial charge on any atom is -0.462 e. The van der Waals surface area contributed by atoms with Gasteiger partial charge in [-0.25, -0.2) is 0 Å². The van der Waals surface area contributed by atoms with Gasteiger partial charge in [0.2, 0.25) is 0 Å². The predicted molar refractivity (Wildman–Crippen MR) is 206 cm³/mol. The molecular weight excluding hydrogens is 664 g/mol. The summed E-state index contributed by atoms with van der Waals surface area (Å²) in [7, 11) is 0. The third-order valence-electron chi connectivity index (χ3n) is 9.90. The Balaban J connectivity index is 2.31. The fourth-order valence-electron chi connectivity index (χ4n) is 6.48. The smallest absolute Gasteiger partial charge is 0.306 e. The second-order valence-corrected chi connectivity index (χ2v) is 14.8. The van der Waals surface area contributed by atoms with Gasteiger partial charge < -0.3 is 39.4 Å². The summed E-state index contributed by atoms with van der Waals surface area (Å²) in [4.78, 5) is 25.2. The van der Waals surface area contributed by atoms with E-state index in [1.807, 2.05) is 0 Å². The topological polar surface area (TPSA) is 152 Å². The van der Waals surface area contributed by atoms with Crippen LogP contribution in [0.2, 0.25) is 0 Å². The summed E-state index contributed by atoms with van der Waals surface area (Å²) in [6, 6.07) is 0. The first-order valence-corrected chi connectivity index (χ1v) is 21.3. The molecule has 52 heavy (non-hydrogen) atoms. The fraction of sp³-hybridized carbons (Fsp3) is 0.905. The summed E-state index contributed by atoms with van der Waals surface area (Å²) in [5.41, 5.74) is 0. The molecule has 0 aromatic carbocycles. The maximum absolute atomic E-state index is 12.7. The number of esters is 2. The van der Waals surface area contributed by atoms with E-state index in [1.54, 1.807) is 0 Å². The van der Waals surface area contributed by atoms with E-state index >= 15 is 0 Å². The van der Waals surface area contributed by atoms with Gasteiger partial charge in [0.15, 0.2) is 12.4 Å². The summed E-state index contributed by atoms with van der Waals surface area (Å²) >= 11 is 0. The average molecular weight is 743 g/mol. The van der Waals surface area contributed by atoms with E-state index in [-0.39, 0.29) is 32.0 Å². The standard InChI is InChI=1S/C42H78O10/c1-3-5-7-9-11-13-15-16-17-18-19-20-21-23-24-26-28-30-37(44)49-33-35(34-50-42-41(48)40(47)39(46)36(32-43)52-42)51-38(45)31-29-27-25-22-14-12-10-8-6-4-2/h13,15,35-36,39-43,46-48H,3-12,14,16-34H2,1-2H3/b15-13+/t35-,36-,39+,40?,41?,42-/m0/s1. The highest BCUT2D eigenvalue weighted by atomic mass is 16.7. The molecule has 6 atom stereocenters. The van der Waals surface area contributed by atoms with E-state index in [4.69, 9.17) is 18.9 Å². The molecule has 10 nitrogen and oxygen atoms in total. The second kappa shape index (κ2) is 34.0.